The number of amides is 2. The normalized spacial score (nSPS) is 14.3. The zero-order valence-electron chi connectivity index (χ0n) is 18.3. The number of aliphatic imine (C=N–C) groups is 1. The second kappa shape index (κ2) is 11.9. The first-order valence-corrected chi connectivity index (χ1v) is 9.91. The molecule has 0 aromatic carbocycles. The summed E-state index contributed by atoms with van der Waals surface area (Å²) in [6, 6.07) is 3.77. The van der Waals surface area contributed by atoms with Crippen molar-refractivity contribution in [3.8, 4) is 0 Å². The molecule has 0 radical (unpaired) electrons. The van der Waals surface area contributed by atoms with Gasteiger partial charge in [-0.15, -0.1) is 24.0 Å². The number of carbonyl (C=O) groups is 2. The molecule has 2 rings (SSSR count). The first-order chi connectivity index (χ1) is 13.7. The molecule has 2 heterocycles. The number of guanidine groups is 1. The van der Waals surface area contributed by atoms with Crippen molar-refractivity contribution in [2.75, 3.05) is 31.5 Å². The van der Waals surface area contributed by atoms with Gasteiger partial charge >= 0.3 is 6.09 Å². The highest BCUT2D eigenvalue weighted by Gasteiger charge is 2.34. The number of likely N-dealkylation sites (tertiary alicyclic amines) is 1. The van der Waals surface area contributed by atoms with E-state index in [-0.39, 0.29) is 48.4 Å². The third kappa shape index (κ3) is 9.14. The van der Waals surface area contributed by atoms with E-state index in [1.54, 1.807) is 17.2 Å². The highest BCUT2D eigenvalue weighted by Crippen LogP contribution is 2.15. The Morgan fingerprint density at radius 2 is 2.00 bits per heavy atom. The number of ether oxygens (including phenoxy) is 1. The van der Waals surface area contributed by atoms with Crippen molar-refractivity contribution in [2.45, 2.75) is 52.7 Å². The molecular formula is C20H33IN6O3. The van der Waals surface area contributed by atoms with Crippen molar-refractivity contribution >= 4 is 47.8 Å². The Bertz CT molecular complexity index is 727. The molecule has 0 bridgehead atoms. The van der Waals surface area contributed by atoms with Gasteiger partial charge < -0.3 is 25.6 Å². The largest absolute Gasteiger partial charge is 0.444 e. The molecule has 1 aromatic heterocycles. The molecule has 1 aromatic rings. The van der Waals surface area contributed by atoms with Crippen LogP contribution >= 0.6 is 24.0 Å². The van der Waals surface area contributed by atoms with Gasteiger partial charge in [-0.2, -0.15) is 0 Å². The summed E-state index contributed by atoms with van der Waals surface area (Å²) in [4.78, 5) is 34.3. The summed E-state index contributed by atoms with van der Waals surface area (Å²) in [5.41, 5.74) is 0.538. The van der Waals surface area contributed by atoms with Crippen molar-refractivity contribution in [2.24, 2.45) is 4.99 Å². The van der Waals surface area contributed by atoms with Crippen LogP contribution in [0.5, 0.6) is 0 Å². The fraction of sp³-hybridized carbons (Fsp3) is 0.600. The number of hydrogen-bond acceptors (Lipinski definition) is 5. The lowest BCUT2D eigenvalue weighted by atomic mass is 10.1. The van der Waals surface area contributed by atoms with Crippen LogP contribution in [0.4, 0.5) is 10.6 Å². The van der Waals surface area contributed by atoms with Gasteiger partial charge in [0.25, 0.3) is 0 Å². The molecule has 10 heteroatoms. The fourth-order valence-electron chi connectivity index (χ4n) is 2.58. The number of nitrogens with zero attached hydrogens (tertiary/aromatic N) is 3. The molecule has 3 N–H and O–H groups in total. The minimum atomic E-state index is -0.499. The maximum absolute atomic E-state index is 12.0. The molecular weight excluding hydrogens is 499 g/mol. The predicted octanol–water partition coefficient (Wildman–Crippen LogP) is 2.51. The summed E-state index contributed by atoms with van der Waals surface area (Å²) in [6.07, 6.45) is 1.65. The van der Waals surface area contributed by atoms with E-state index in [2.05, 4.69) is 25.9 Å². The number of rotatable bonds is 6. The lowest BCUT2D eigenvalue weighted by Gasteiger charge is -2.40. The van der Waals surface area contributed by atoms with E-state index in [1.807, 2.05) is 40.7 Å². The van der Waals surface area contributed by atoms with Crippen molar-refractivity contribution < 1.29 is 14.3 Å². The molecule has 30 heavy (non-hydrogen) atoms. The Kier molecular flexibility index (Phi) is 10.3. The van der Waals surface area contributed by atoms with Gasteiger partial charge in [0, 0.05) is 32.3 Å². The minimum absolute atomic E-state index is 0. The lowest BCUT2D eigenvalue weighted by Crippen LogP contribution is -2.63. The van der Waals surface area contributed by atoms with Gasteiger partial charge in [-0.3, -0.25) is 9.79 Å². The summed E-state index contributed by atoms with van der Waals surface area (Å²) in [5.74, 6) is 1.02. The molecule has 168 valence electrons. The molecule has 0 saturated carbocycles. The number of nitrogens with one attached hydrogen (secondary N) is 3. The Labute approximate surface area is 195 Å². The lowest BCUT2D eigenvalue weighted by molar-refractivity contribution is -0.116. The van der Waals surface area contributed by atoms with Crippen LogP contribution in [0.15, 0.2) is 23.3 Å². The third-order valence-corrected chi connectivity index (χ3v) is 4.01. The highest BCUT2D eigenvalue weighted by atomic mass is 127. The Hall–Kier alpha value is -2.11. The molecule has 1 aliphatic heterocycles. The van der Waals surface area contributed by atoms with E-state index >= 15 is 0 Å². The first kappa shape index (κ1) is 25.9. The van der Waals surface area contributed by atoms with E-state index in [9.17, 15) is 9.59 Å². The van der Waals surface area contributed by atoms with Crippen LogP contribution in [0.3, 0.4) is 0 Å². The molecule has 2 amide bonds. The Morgan fingerprint density at radius 1 is 1.30 bits per heavy atom. The Balaban J connectivity index is 0.00000450. The van der Waals surface area contributed by atoms with Crippen LogP contribution in [0.25, 0.3) is 0 Å². The van der Waals surface area contributed by atoms with Crippen molar-refractivity contribution in [3.63, 3.8) is 0 Å². The molecule has 1 fully saturated rings. The van der Waals surface area contributed by atoms with Gasteiger partial charge in [-0.25, -0.2) is 9.78 Å². The number of halogens is 1. The van der Waals surface area contributed by atoms with Crippen molar-refractivity contribution in [1.29, 1.82) is 0 Å². The topological polar surface area (TPSA) is 108 Å². The maximum atomic E-state index is 12.0. The van der Waals surface area contributed by atoms with Crippen LogP contribution in [-0.2, 0) is 9.53 Å². The first-order valence-electron chi connectivity index (χ1n) is 9.91. The van der Waals surface area contributed by atoms with Crippen LogP contribution in [0.1, 0.15) is 39.7 Å². The van der Waals surface area contributed by atoms with E-state index in [0.717, 1.165) is 5.56 Å². The van der Waals surface area contributed by atoms with Gasteiger partial charge in [0.15, 0.2) is 5.96 Å². The van der Waals surface area contributed by atoms with Crippen molar-refractivity contribution in [1.82, 2.24) is 20.5 Å². The average molecular weight is 532 g/mol. The third-order valence-electron chi connectivity index (χ3n) is 4.01. The van der Waals surface area contributed by atoms with Crippen LogP contribution in [0.2, 0.25) is 0 Å². The second-order valence-electron chi connectivity index (χ2n) is 8.01. The smallest absolute Gasteiger partial charge is 0.410 e. The van der Waals surface area contributed by atoms with Crippen molar-refractivity contribution in [3.05, 3.63) is 23.9 Å². The van der Waals surface area contributed by atoms with Crippen LogP contribution in [-0.4, -0.2) is 65.7 Å². The SMILES string of the molecule is CCNC(=NCCC(=O)Nc1ccc(C)cn1)NC1CN(C(=O)OC(C)(C)C)C1.I. The fourth-order valence-corrected chi connectivity index (χ4v) is 2.58. The number of hydrogen-bond donors (Lipinski definition) is 3. The standard InChI is InChI=1S/C20H32N6O3.HI/c1-6-21-18(24-15-12-26(13-15)19(28)29-20(3,4)5)22-10-9-17(27)25-16-8-7-14(2)11-23-16;/h7-8,11,15H,6,9-10,12-13H2,1-5H3,(H2,21,22,24)(H,23,25,27);1H. The summed E-state index contributed by atoms with van der Waals surface area (Å²) in [6.45, 7) is 11.6. The molecule has 1 saturated heterocycles. The predicted molar refractivity (Wildman–Crippen MR) is 128 cm³/mol. The van der Waals surface area contributed by atoms with Gasteiger partial charge in [0.1, 0.15) is 11.4 Å². The minimum Gasteiger partial charge on any atom is -0.444 e. The molecule has 0 atom stereocenters. The molecule has 0 spiro atoms. The van der Waals surface area contributed by atoms with E-state index in [0.29, 0.717) is 38.0 Å². The summed E-state index contributed by atoms with van der Waals surface area (Å²) >= 11 is 0. The molecule has 9 nitrogen and oxygen atoms in total. The zero-order valence-corrected chi connectivity index (χ0v) is 20.6. The Morgan fingerprint density at radius 3 is 2.57 bits per heavy atom. The second-order valence-corrected chi connectivity index (χ2v) is 8.01. The molecule has 1 aliphatic rings. The quantitative estimate of drug-likeness (QED) is 0.295. The number of pyridine rings is 1. The van der Waals surface area contributed by atoms with Crippen LogP contribution < -0.4 is 16.0 Å². The van der Waals surface area contributed by atoms with Gasteiger partial charge in [-0.1, -0.05) is 6.07 Å². The van der Waals surface area contributed by atoms with Crippen LogP contribution in [0, 0.1) is 6.92 Å². The maximum Gasteiger partial charge on any atom is 0.410 e. The number of carbonyl (C=O) groups excluding carboxylic acids is 2. The number of aromatic nitrogens is 1. The van der Waals surface area contributed by atoms with Gasteiger partial charge in [0.05, 0.1) is 12.6 Å². The number of aryl methyl sites for hydroxylation is 1. The summed E-state index contributed by atoms with van der Waals surface area (Å²) in [7, 11) is 0. The van der Waals surface area contributed by atoms with Gasteiger partial charge in [0.2, 0.25) is 5.91 Å². The summed E-state index contributed by atoms with van der Waals surface area (Å²) < 4.78 is 5.35. The highest BCUT2D eigenvalue weighted by molar-refractivity contribution is 14.0. The zero-order chi connectivity index (χ0) is 21.4. The number of anilines is 1. The average Bonchev–Trinajstić information content (AvgIpc) is 2.58. The van der Waals surface area contributed by atoms with E-state index < -0.39 is 5.60 Å². The molecule has 0 unspecified atom stereocenters. The van der Waals surface area contributed by atoms with Gasteiger partial charge in [-0.05, 0) is 46.2 Å². The summed E-state index contributed by atoms with van der Waals surface area (Å²) in [5, 5.41) is 9.19. The van der Waals surface area contributed by atoms with E-state index in [4.69, 9.17) is 4.74 Å². The monoisotopic (exact) mass is 532 g/mol. The van der Waals surface area contributed by atoms with E-state index in [1.165, 1.54) is 0 Å². The molecule has 0 aliphatic carbocycles.